The van der Waals surface area contributed by atoms with E-state index in [1.807, 2.05) is 48.0 Å². The van der Waals surface area contributed by atoms with E-state index in [0.717, 1.165) is 11.3 Å². The summed E-state index contributed by atoms with van der Waals surface area (Å²) >= 11 is 5.90. The van der Waals surface area contributed by atoms with E-state index in [2.05, 4.69) is 15.6 Å². The number of nitrogens with one attached hydrogen (secondary N) is 1. The van der Waals surface area contributed by atoms with E-state index in [9.17, 15) is 4.79 Å². The van der Waals surface area contributed by atoms with E-state index in [-0.39, 0.29) is 12.3 Å². The molecule has 0 aliphatic carbocycles. The summed E-state index contributed by atoms with van der Waals surface area (Å²) in [6.07, 6.45) is 0. The summed E-state index contributed by atoms with van der Waals surface area (Å²) in [5, 5.41) is 11.8. The topological polar surface area (TPSA) is 82.2 Å². The molecule has 0 spiro atoms. The number of ether oxygens (including phenoxy) is 1. The summed E-state index contributed by atoms with van der Waals surface area (Å²) in [5.74, 6) is 1.19. The molecule has 31 heavy (non-hydrogen) atoms. The molecule has 1 N–H and O–H groups in total. The molecular weight excluding hydrogens is 416 g/mol. The molecule has 0 unspecified atom stereocenters. The number of hydrogen-bond acceptors (Lipinski definition) is 5. The van der Waals surface area contributed by atoms with Gasteiger partial charge in [0.25, 0.3) is 5.91 Å². The number of anilines is 1. The van der Waals surface area contributed by atoms with Crippen LogP contribution in [-0.2, 0) is 13.2 Å². The molecule has 8 heteroatoms. The number of rotatable bonds is 7. The van der Waals surface area contributed by atoms with Crippen LogP contribution in [0.4, 0.5) is 5.82 Å². The highest BCUT2D eigenvalue weighted by Crippen LogP contribution is 2.21. The van der Waals surface area contributed by atoms with Crippen LogP contribution >= 0.6 is 11.6 Å². The maximum Gasteiger partial charge on any atom is 0.279 e. The molecule has 0 bridgehead atoms. The standard InChI is InChI=1S/C23H21ClN4O3/c1-15-12-21(26-28(15)13-17-6-4-3-5-7-17)25-23(29)22-20(16(2)31-27-22)14-30-19-10-8-18(24)9-11-19/h3-12H,13-14H2,1-2H3,(H,25,26,29). The molecule has 0 aliphatic rings. The quantitative estimate of drug-likeness (QED) is 0.439. The van der Waals surface area contributed by atoms with Gasteiger partial charge in [-0.05, 0) is 43.7 Å². The Hall–Kier alpha value is -3.58. The van der Waals surface area contributed by atoms with Gasteiger partial charge in [0, 0.05) is 16.8 Å². The lowest BCUT2D eigenvalue weighted by molar-refractivity contribution is 0.101. The van der Waals surface area contributed by atoms with Gasteiger partial charge in [0.2, 0.25) is 0 Å². The van der Waals surface area contributed by atoms with Crippen LogP contribution in [0.5, 0.6) is 5.75 Å². The summed E-state index contributed by atoms with van der Waals surface area (Å²) in [7, 11) is 0. The minimum atomic E-state index is -0.407. The van der Waals surface area contributed by atoms with E-state index < -0.39 is 5.91 Å². The van der Waals surface area contributed by atoms with Gasteiger partial charge in [-0.2, -0.15) is 5.10 Å². The van der Waals surface area contributed by atoms with Gasteiger partial charge < -0.3 is 14.6 Å². The zero-order valence-electron chi connectivity index (χ0n) is 17.1. The number of benzene rings is 2. The SMILES string of the molecule is Cc1onc(C(=O)Nc2cc(C)n(Cc3ccccc3)n2)c1COc1ccc(Cl)cc1. The molecule has 0 fully saturated rings. The molecule has 7 nitrogen and oxygen atoms in total. The number of carbonyl (C=O) groups excluding carboxylic acids is 1. The van der Waals surface area contributed by atoms with Crippen molar-refractivity contribution in [2.24, 2.45) is 0 Å². The second-order valence-electron chi connectivity index (χ2n) is 7.08. The first-order valence-electron chi connectivity index (χ1n) is 9.73. The van der Waals surface area contributed by atoms with Gasteiger partial charge >= 0.3 is 0 Å². The normalized spacial score (nSPS) is 10.8. The van der Waals surface area contributed by atoms with E-state index in [0.29, 0.717) is 34.5 Å². The maximum atomic E-state index is 12.8. The number of aromatic nitrogens is 3. The van der Waals surface area contributed by atoms with Gasteiger partial charge in [-0.25, -0.2) is 0 Å². The molecule has 158 valence electrons. The summed E-state index contributed by atoms with van der Waals surface area (Å²) in [5.41, 5.74) is 2.80. The first kappa shape index (κ1) is 20.7. The molecule has 2 aromatic carbocycles. The lowest BCUT2D eigenvalue weighted by Gasteiger charge is -2.07. The highest BCUT2D eigenvalue weighted by Gasteiger charge is 2.21. The Morgan fingerprint density at radius 3 is 2.61 bits per heavy atom. The number of hydrogen-bond donors (Lipinski definition) is 1. The second kappa shape index (κ2) is 9.06. The van der Waals surface area contributed by atoms with Crippen LogP contribution in [0, 0.1) is 13.8 Å². The van der Waals surface area contributed by atoms with Crippen LogP contribution in [0.15, 0.2) is 65.2 Å². The van der Waals surface area contributed by atoms with Crippen molar-refractivity contribution < 1.29 is 14.1 Å². The van der Waals surface area contributed by atoms with Crippen LogP contribution in [-0.4, -0.2) is 20.8 Å². The minimum Gasteiger partial charge on any atom is -0.489 e. The molecule has 4 aromatic rings. The Morgan fingerprint density at radius 1 is 1.13 bits per heavy atom. The number of carbonyl (C=O) groups is 1. The molecule has 1 amide bonds. The summed E-state index contributed by atoms with van der Waals surface area (Å²) < 4.78 is 12.8. The molecule has 0 saturated heterocycles. The third kappa shape index (κ3) is 4.95. The first-order chi connectivity index (χ1) is 15.0. The molecule has 2 aromatic heterocycles. The molecule has 0 atom stereocenters. The predicted molar refractivity (Wildman–Crippen MR) is 117 cm³/mol. The number of halogens is 1. The average molecular weight is 437 g/mol. The van der Waals surface area contributed by atoms with Crippen LogP contribution in [0.2, 0.25) is 5.02 Å². The van der Waals surface area contributed by atoms with E-state index in [1.165, 1.54) is 0 Å². The predicted octanol–water partition coefficient (Wildman–Crippen LogP) is 5.02. The third-order valence-electron chi connectivity index (χ3n) is 4.79. The smallest absolute Gasteiger partial charge is 0.279 e. The van der Waals surface area contributed by atoms with Crippen molar-refractivity contribution in [2.75, 3.05) is 5.32 Å². The first-order valence-corrected chi connectivity index (χ1v) is 10.1. The molecule has 0 aliphatic heterocycles. The van der Waals surface area contributed by atoms with Crippen molar-refractivity contribution in [3.63, 3.8) is 0 Å². The van der Waals surface area contributed by atoms with Gasteiger partial charge in [-0.15, -0.1) is 0 Å². The van der Waals surface area contributed by atoms with Gasteiger partial charge in [0.15, 0.2) is 11.5 Å². The Morgan fingerprint density at radius 2 is 1.87 bits per heavy atom. The second-order valence-corrected chi connectivity index (χ2v) is 7.51. The number of amides is 1. The Kier molecular flexibility index (Phi) is 6.04. The van der Waals surface area contributed by atoms with Crippen molar-refractivity contribution in [2.45, 2.75) is 27.0 Å². The monoisotopic (exact) mass is 436 g/mol. The van der Waals surface area contributed by atoms with Gasteiger partial charge in [0.05, 0.1) is 12.1 Å². The zero-order chi connectivity index (χ0) is 21.8. The van der Waals surface area contributed by atoms with E-state index >= 15 is 0 Å². The summed E-state index contributed by atoms with van der Waals surface area (Å²) in [4.78, 5) is 12.8. The Bertz CT molecular complexity index is 1180. The van der Waals surface area contributed by atoms with Crippen LogP contribution in [0.3, 0.4) is 0 Å². The molecule has 0 saturated carbocycles. The van der Waals surface area contributed by atoms with Crippen molar-refractivity contribution in [3.8, 4) is 5.75 Å². The largest absolute Gasteiger partial charge is 0.489 e. The highest BCUT2D eigenvalue weighted by atomic mass is 35.5. The van der Waals surface area contributed by atoms with Crippen molar-refractivity contribution >= 4 is 23.3 Å². The van der Waals surface area contributed by atoms with E-state index in [1.54, 1.807) is 31.2 Å². The minimum absolute atomic E-state index is 0.140. The van der Waals surface area contributed by atoms with Crippen molar-refractivity contribution in [3.05, 3.63) is 94.0 Å². The molecule has 0 radical (unpaired) electrons. The van der Waals surface area contributed by atoms with Crippen LogP contribution < -0.4 is 10.1 Å². The fourth-order valence-electron chi connectivity index (χ4n) is 3.09. The van der Waals surface area contributed by atoms with Gasteiger partial charge in [-0.3, -0.25) is 9.48 Å². The molecular formula is C23H21ClN4O3. The molecule has 2 heterocycles. The maximum absolute atomic E-state index is 12.8. The van der Waals surface area contributed by atoms with E-state index in [4.69, 9.17) is 20.9 Å². The Labute approximate surface area is 184 Å². The van der Waals surface area contributed by atoms with Crippen LogP contribution in [0.25, 0.3) is 0 Å². The molecule has 4 rings (SSSR count). The fraction of sp³-hybridized carbons (Fsp3) is 0.174. The average Bonchev–Trinajstić information content (AvgIpc) is 3.30. The highest BCUT2D eigenvalue weighted by molar-refractivity contribution is 6.30. The van der Waals surface area contributed by atoms with Crippen molar-refractivity contribution in [1.82, 2.24) is 14.9 Å². The third-order valence-corrected chi connectivity index (χ3v) is 5.05. The summed E-state index contributed by atoms with van der Waals surface area (Å²) in [6, 6.07) is 18.8. The fourth-order valence-corrected chi connectivity index (χ4v) is 3.22. The lowest BCUT2D eigenvalue weighted by atomic mass is 10.2. The van der Waals surface area contributed by atoms with Crippen LogP contribution in [0.1, 0.15) is 33.1 Å². The number of nitrogens with zero attached hydrogens (tertiary/aromatic N) is 3. The van der Waals surface area contributed by atoms with Gasteiger partial charge in [0.1, 0.15) is 18.1 Å². The number of aryl methyl sites for hydroxylation is 2. The Balaban J connectivity index is 1.45. The van der Waals surface area contributed by atoms with Gasteiger partial charge in [-0.1, -0.05) is 47.1 Å². The zero-order valence-corrected chi connectivity index (χ0v) is 17.9. The summed E-state index contributed by atoms with van der Waals surface area (Å²) in [6.45, 7) is 4.44. The van der Waals surface area contributed by atoms with Crippen molar-refractivity contribution in [1.29, 1.82) is 0 Å². The lowest BCUT2D eigenvalue weighted by Crippen LogP contribution is -2.16.